The van der Waals surface area contributed by atoms with Gasteiger partial charge in [0.2, 0.25) is 0 Å². The lowest BCUT2D eigenvalue weighted by Gasteiger charge is -2.06. The minimum Gasteiger partial charge on any atom is -0.388 e. The summed E-state index contributed by atoms with van der Waals surface area (Å²) in [4.78, 5) is 4.39. The maximum atomic E-state index is 9.32. The Kier molecular flexibility index (Phi) is 4.31. The van der Waals surface area contributed by atoms with Crippen LogP contribution >= 0.6 is 23.4 Å². The Bertz CT molecular complexity index is 512. The van der Waals surface area contributed by atoms with Gasteiger partial charge in [-0.25, -0.2) is 4.98 Å². The summed E-state index contributed by atoms with van der Waals surface area (Å²) in [6.07, 6.45) is 3.17. The average Bonchev–Trinajstić information content (AvgIpc) is 2.67. The predicted octanol–water partition coefficient (Wildman–Crippen LogP) is 2.94. The number of aliphatic hydroxyl groups excluding tert-OH is 1. The second-order valence-corrected chi connectivity index (χ2v) is 5.24. The minimum absolute atomic E-state index is 0.0361. The van der Waals surface area contributed by atoms with Crippen molar-refractivity contribution in [1.82, 2.24) is 9.55 Å². The Morgan fingerprint density at radius 1 is 1.47 bits per heavy atom. The fourth-order valence-electron chi connectivity index (χ4n) is 1.89. The molecule has 0 saturated heterocycles. The molecule has 0 aliphatic heterocycles. The first kappa shape index (κ1) is 12.7. The van der Waals surface area contributed by atoms with Gasteiger partial charge in [0.05, 0.1) is 11.0 Å². The maximum absolute atomic E-state index is 9.32. The lowest BCUT2D eigenvalue weighted by Crippen LogP contribution is -2.04. The molecule has 17 heavy (non-hydrogen) atoms. The summed E-state index contributed by atoms with van der Waals surface area (Å²) in [6, 6.07) is 5.65. The fraction of sp³-hybridized carbons (Fsp3) is 0.417. The number of hydrogen-bond donors (Lipinski definition) is 1. The first-order valence-corrected chi connectivity index (χ1v) is 7.28. The number of rotatable bonds is 5. The molecule has 2 aromatic rings. The van der Waals surface area contributed by atoms with Gasteiger partial charge < -0.3 is 9.67 Å². The second-order valence-electron chi connectivity index (χ2n) is 3.82. The van der Waals surface area contributed by atoms with Crippen molar-refractivity contribution in [3.8, 4) is 0 Å². The third-order valence-corrected chi connectivity index (χ3v) is 3.59. The Morgan fingerprint density at radius 2 is 2.29 bits per heavy atom. The van der Waals surface area contributed by atoms with E-state index in [-0.39, 0.29) is 6.61 Å². The van der Waals surface area contributed by atoms with Crippen molar-refractivity contribution in [3.63, 3.8) is 0 Å². The molecule has 5 heteroatoms. The Morgan fingerprint density at radius 3 is 3.00 bits per heavy atom. The molecular weight excluding hydrogens is 256 g/mol. The molecule has 92 valence electrons. The SMILES string of the molecule is CSCCCn1c(CO)nc2cc(Cl)ccc21. The molecule has 0 spiro atoms. The van der Waals surface area contributed by atoms with Crippen molar-refractivity contribution in [3.05, 3.63) is 29.0 Å². The summed E-state index contributed by atoms with van der Waals surface area (Å²) in [5.41, 5.74) is 1.89. The van der Waals surface area contributed by atoms with Gasteiger partial charge in [-0.1, -0.05) is 11.6 Å². The van der Waals surface area contributed by atoms with E-state index >= 15 is 0 Å². The summed E-state index contributed by atoms with van der Waals surface area (Å²) < 4.78 is 2.07. The first-order valence-electron chi connectivity index (χ1n) is 5.50. The van der Waals surface area contributed by atoms with Crippen LogP contribution in [-0.4, -0.2) is 26.7 Å². The number of benzene rings is 1. The number of aromatic nitrogens is 2. The molecule has 2 rings (SSSR count). The van der Waals surface area contributed by atoms with Gasteiger partial charge in [0.1, 0.15) is 12.4 Å². The Labute approximate surface area is 110 Å². The summed E-state index contributed by atoms with van der Waals surface area (Å²) in [5, 5.41) is 10.0. The van der Waals surface area contributed by atoms with E-state index in [1.54, 1.807) is 0 Å². The number of aliphatic hydroxyl groups is 1. The van der Waals surface area contributed by atoms with Crippen LogP contribution in [0.2, 0.25) is 5.02 Å². The van der Waals surface area contributed by atoms with E-state index in [1.165, 1.54) is 0 Å². The molecule has 0 radical (unpaired) electrons. The minimum atomic E-state index is -0.0361. The topological polar surface area (TPSA) is 38.0 Å². The lowest BCUT2D eigenvalue weighted by atomic mass is 10.3. The Hall–Kier alpha value is -0.710. The van der Waals surface area contributed by atoms with E-state index in [0.29, 0.717) is 10.8 Å². The van der Waals surface area contributed by atoms with Gasteiger partial charge in [-0.05, 0) is 36.6 Å². The molecule has 1 N–H and O–H groups in total. The molecule has 1 heterocycles. The fourth-order valence-corrected chi connectivity index (χ4v) is 2.47. The number of thioether (sulfide) groups is 1. The molecule has 1 aromatic heterocycles. The van der Waals surface area contributed by atoms with E-state index in [9.17, 15) is 5.11 Å². The quantitative estimate of drug-likeness (QED) is 0.849. The third kappa shape index (κ3) is 2.76. The van der Waals surface area contributed by atoms with Crippen LogP contribution in [0.4, 0.5) is 0 Å². The zero-order chi connectivity index (χ0) is 12.3. The molecule has 0 unspecified atom stereocenters. The highest BCUT2D eigenvalue weighted by Crippen LogP contribution is 2.21. The molecule has 0 saturated carbocycles. The van der Waals surface area contributed by atoms with Crippen LogP contribution in [0.25, 0.3) is 11.0 Å². The van der Waals surface area contributed by atoms with Gasteiger partial charge in [0.15, 0.2) is 0 Å². The molecule has 0 bridgehead atoms. The monoisotopic (exact) mass is 270 g/mol. The van der Waals surface area contributed by atoms with E-state index in [4.69, 9.17) is 11.6 Å². The van der Waals surface area contributed by atoms with Gasteiger partial charge in [0, 0.05) is 11.6 Å². The average molecular weight is 271 g/mol. The van der Waals surface area contributed by atoms with E-state index in [2.05, 4.69) is 15.8 Å². The number of halogens is 1. The summed E-state index contributed by atoms with van der Waals surface area (Å²) >= 11 is 7.76. The Balaban J connectivity index is 2.36. The number of fused-ring (bicyclic) bond motifs is 1. The van der Waals surface area contributed by atoms with Gasteiger partial charge in [-0.2, -0.15) is 11.8 Å². The van der Waals surface area contributed by atoms with E-state index < -0.39 is 0 Å². The second kappa shape index (κ2) is 5.76. The normalized spacial score (nSPS) is 11.2. The van der Waals surface area contributed by atoms with Gasteiger partial charge >= 0.3 is 0 Å². The highest BCUT2D eigenvalue weighted by molar-refractivity contribution is 7.98. The van der Waals surface area contributed by atoms with Crippen molar-refractivity contribution in [1.29, 1.82) is 0 Å². The maximum Gasteiger partial charge on any atom is 0.135 e. The highest BCUT2D eigenvalue weighted by atomic mass is 35.5. The van der Waals surface area contributed by atoms with E-state index in [0.717, 1.165) is 29.8 Å². The molecule has 1 aromatic carbocycles. The van der Waals surface area contributed by atoms with Crippen LogP contribution in [0, 0.1) is 0 Å². The van der Waals surface area contributed by atoms with Gasteiger partial charge in [-0.3, -0.25) is 0 Å². The van der Waals surface area contributed by atoms with Crippen LogP contribution in [0.3, 0.4) is 0 Å². The molecular formula is C12H15ClN2OS. The zero-order valence-electron chi connectivity index (χ0n) is 9.69. The molecule has 0 amide bonds. The summed E-state index contributed by atoms with van der Waals surface area (Å²) in [7, 11) is 0. The summed E-state index contributed by atoms with van der Waals surface area (Å²) in [5.74, 6) is 1.82. The van der Waals surface area contributed by atoms with Gasteiger partial charge in [0.25, 0.3) is 0 Å². The largest absolute Gasteiger partial charge is 0.388 e. The standard InChI is InChI=1S/C12H15ClN2OS/c1-17-6-2-5-15-11-4-3-9(13)7-10(11)14-12(15)8-16/h3-4,7,16H,2,5-6,8H2,1H3. The lowest BCUT2D eigenvalue weighted by molar-refractivity contribution is 0.266. The third-order valence-electron chi connectivity index (χ3n) is 2.66. The predicted molar refractivity (Wildman–Crippen MR) is 73.7 cm³/mol. The highest BCUT2D eigenvalue weighted by Gasteiger charge is 2.09. The van der Waals surface area contributed by atoms with Crippen LogP contribution in [0.1, 0.15) is 12.2 Å². The molecule has 0 aliphatic carbocycles. The van der Waals surface area contributed by atoms with Crippen LogP contribution in [0.5, 0.6) is 0 Å². The van der Waals surface area contributed by atoms with Crippen LogP contribution in [0.15, 0.2) is 18.2 Å². The number of hydrogen-bond acceptors (Lipinski definition) is 3. The molecule has 0 aliphatic rings. The van der Waals surface area contributed by atoms with Crippen LogP contribution < -0.4 is 0 Å². The van der Waals surface area contributed by atoms with Crippen molar-refractivity contribution < 1.29 is 5.11 Å². The van der Waals surface area contributed by atoms with Crippen molar-refractivity contribution >= 4 is 34.4 Å². The zero-order valence-corrected chi connectivity index (χ0v) is 11.3. The van der Waals surface area contributed by atoms with Crippen LogP contribution in [-0.2, 0) is 13.2 Å². The molecule has 3 nitrogen and oxygen atoms in total. The van der Waals surface area contributed by atoms with Crippen molar-refractivity contribution in [2.45, 2.75) is 19.6 Å². The molecule has 0 atom stereocenters. The van der Waals surface area contributed by atoms with Gasteiger partial charge in [-0.15, -0.1) is 0 Å². The molecule has 0 fully saturated rings. The number of imidazole rings is 1. The summed E-state index contributed by atoms with van der Waals surface area (Å²) in [6.45, 7) is 0.848. The van der Waals surface area contributed by atoms with Crippen molar-refractivity contribution in [2.75, 3.05) is 12.0 Å². The number of aryl methyl sites for hydroxylation is 1. The first-order chi connectivity index (χ1) is 8.26. The van der Waals surface area contributed by atoms with E-state index in [1.807, 2.05) is 30.0 Å². The number of nitrogens with zero attached hydrogens (tertiary/aromatic N) is 2. The van der Waals surface area contributed by atoms with Crippen molar-refractivity contribution in [2.24, 2.45) is 0 Å². The smallest absolute Gasteiger partial charge is 0.135 e.